The van der Waals surface area contributed by atoms with Crippen molar-refractivity contribution in [2.24, 2.45) is 0 Å². The lowest BCUT2D eigenvalue weighted by Gasteiger charge is -2.31. The number of rotatable bonds is 4. The first-order chi connectivity index (χ1) is 12.7. The second kappa shape index (κ2) is 7.89. The van der Waals surface area contributed by atoms with E-state index < -0.39 is 0 Å². The Morgan fingerprint density at radius 1 is 1.00 bits per heavy atom. The van der Waals surface area contributed by atoms with E-state index >= 15 is 0 Å². The van der Waals surface area contributed by atoms with Gasteiger partial charge >= 0.3 is 0 Å². The fourth-order valence-electron chi connectivity index (χ4n) is 3.21. The van der Waals surface area contributed by atoms with Crippen LogP contribution in [0.1, 0.15) is 13.8 Å². The number of fused-ring (bicyclic) bond motifs is 1. The van der Waals surface area contributed by atoms with Crippen LogP contribution in [-0.4, -0.2) is 77.7 Å². The summed E-state index contributed by atoms with van der Waals surface area (Å²) in [6.07, 6.45) is 1.63. The Bertz CT molecular complexity index is 760. The van der Waals surface area contributed by atoms with Gasteiger partial charge in [-0.1, -0.05) is 13.8 Å². The number of hydrogen-bond acceptors (Lipinski definition) is 9. The number of nitrogens with one attached hydrogen (secondary N) is 1. The van der Waals surface area contributed by atoms with Crippen LogP contribution in [0.15, 0.2) is 11.4 Å². The number of hydrogen-bond donors (Lipinski definition) is 1. The molecule has 2 aromatic heterocycles. The second-order valence-corrected chi connectivity index (χ2v) is 8.29. The van der Waals surface area contributed by atoms with Crippen molar-refractivity contribution in [3.05, 3.63) is 6.33 Å². The van der Waals surface area contributed by atoms with Crippen LogP contribution >= 0.6 is 11.8 Å². The second-order valence-electron chi connectivity index (χ2n) is 6.73. The molecule has 8 nitrogen and oxygen atoms in total. The van der Waals surface area contributed by atoms with Crippen LogP contribution in [0.5, 0.6) is 0 Å². The lowest BCUT2D eigenvalue weighted by Crippen LogP contribution is -2.44. The molecule has 2 fully saturated rings. The molecule has 2 aromatic rings. The molecule has 0 bridgehead atoms. The van der Waals surface area contributed by atoms with Gasteiger partial charge in [0.25, 0.3) is 0 Å². The number of morpholine rings is 1. The molecule has 0 atom stereocenters. The largest absolute Gasteiger partial charge is 0.378 e. The Hall–Kier alpha value is -1.71. The molecule has 26 heavy (non-hydrogen) atoms. The van der Waals surface area contributed by atoms with Crippen LogP contribution in [0.2, 0.25) is 0 Å². The number of nitrogens with zero attached hydrogens (tertiary/aromatic N) is 6. The lowest BCUT2D eigenvalue weighted by atomic mass is 10.3. The van der Waals surface area contributed by atoms with Crippen LogP contribution in [0.4, 0.5) is 11.8 Å². The minimum atomic E-state index is 0.428. The maximum Gasteiger partial charge on any atom is 0.228 e. The van der Waals surface area contributed by atoms with E-state index in [9.17, 15) is 0 Å². The van der Waals surface area contributed by atoms with Crippen LogP contribution in [0, 0.1) is 0 Å². The Balaban J connectivity index is 1.83. The molecule has 4 heterocycles. The van der Waals surface area contributed by atoms with Crippen molar-refractivity contribution in [2.75, 3.05) is 62.3 Å². The summed E-state index contributed by atoms with van der Waals surface area (Å²) in [5.74, 6) is 1.68. The zero-order valence-electron chi connectivity index (χ0n) is 15.3. The van der Waals surface area contributed by atoms with Crippen LogP contribution in [0.3, 0.4) is 0 Å². The smallest absolute Gasteiger partial charge is 0.228 e. The van der Waals surface area contributed by atoms with Crippen molar-refractivity contribution in [1.29, 1.82) is 0 Å². The van der Waals surface area contributed by atoms with Gasteiger partial charge in [0.1, 0.15) is 22.4 Å². The van der Waals surface area contributed by atoms with Crippen LogP contribution in [0.25, 0.3) is 11.0 Å². The summed E-state index contributed by atoms with van der Waals surface area (Å²) in [6, 6.07) is 0. The Labute approximate surface area is 157 Å². The van der Waals surface area contributed by atoms with Crippen molar-refractivity contribution in [3.8, 4) is 0 Å². The zero-order valence-corrected chi connectivity index (χ0v) is 16.1. The first-order valence-electron chi connectivity index (χ1n) is 9.20. The molecule has 4 rings (SSSR count). The molecule has 0 unspecified atom stereocenters. The lowest BCUT2D eigenvalue weighted by molar-refractivity contribution is 0.122. The summed E-state index contributed by atoms with van der Waals surface area (Å²) >= 11 is 1.72. The van der Waals surface area contributed by atoms with E-state index in [4.69, 9.17) is 14.7 Å². The minimum absolute atomic E-state index is 0.428. The summed E-state index contributed by atoms with van der Waals surface area (Å²) in [6.45, 7) is 11.1. The van der Waals surface area contributed by atoms with Crippen molar-refractivity contribution in [1.82, 2.24) is 25.3 Å². The predicted molar refractivity (Wildman–Crippen MR) is 104 cm³/mol. The third-order valence-corrected chi connectivity index (χ3v) is 5.47. The Morgan fingerprint density at radius 3 is 2.50 bits per heavy atom. The topological polar surface area (TPSA) is 79.3 Å². The first-order valence-corrected chi connectivity index (χ1v) is 10.1. The molecule has 0 saturated carbocycles. The van der Waals surface area contributed by atoms with Crippen LogP contribution < -0.4 is 15.1 Å². The van der Waals surface area contributed by atoms with Crippen molar-refractivity contribution >= 4 is 34.6 Å². The highest BCUT2D eigenvalue weighted by Crippen LogP contribution is 2.32. The fraction of sp³-hybridized carbons (Fsp3) is 0.647. The van der Waals surface area contributed by atoms with Gasteiger partial charge in [-0.15, -0.1) is 11.8 Å². The van der Waals surface area contributed by atoms with Gasteiger partial charge in [-0.05, 0) is 0 Å². The molecular formula is C17H25N7OS. The van der Waals surface area contributed by atoms with E-state index in [-0.39, 0.29) is 0 Å². The summed E-state index contributed by atoms with van der Waals surface area (Å²) < 4.78 is 5.52. The number of ether oxygens (including phenoxy) is 1. The SMILES string of the molecule is CC(C)Sc1ncnc2c(N3CCOCC3)nc(N3CCNCC3)nc12. The quantitative estimate of drug-likeness (QED) is 0.625. The molecule has 0 aromatic carbocycles. The number of aromatic nitrogens is 4. The molecule has 2 saturated heterocycles. The highest BCUT2D eigenvalue weighted by Gasteiger charge is 2.23. The molecule has 0 aliphatic carbocycles. The average molecular weight is 376 g/mol. The normalized spacial score (nSPS) is 18.7. The zero-order chi connectivity index (χ0) is 17.9. The minimum Gasteiger partial charge on any atom is -0.378 e. The average Bonchev–Trinajstić information content (AvgIpc) is 2.68. The van der Waals surface area contributed by atoms with E-state index in [1.54, 1.807) is 18.1 Å². The monoisotopic (exact) mass is 375 g/mol. The van der Waals surface area contributed by atoms with Crippen LogP contribution in [-0.2, 0) is 4.74 Å². The Morgan fingerprint density at radius 2 is 1.77 bits per heavy atom. The van der Waals surface area contributed by atoms with Gasteiger partial charge in [0.2, 0.25) is 5.95 Å². The standard InChI is InChI=1S/C17H25N7OS/c1-12(2)26-16-14-13(19-11-20-16)15(23-7-9-25-10-8-23)22-17(21-14)24-5-3-18-4-6-24/h11-12,18H,3-10H2,1-2H3. The molecule has 2 aliphatic rings. The van der Waals surface area contributed by atoms with E-state index in [2.05, 4.69) is 38.9 Å². The van der Waals surface area contributed by atoms with E-state index in [1.165, 1.54) is 0 Å². The van der Waals surface area contributed by atoms with Gasteiger partial charge < -0.3 is 19.9 Å². The summed E-state index contributed by atoms with van der Waals surface area (Å²) in [4.78, 5) is 23.4. The highest BCUT2D eigenvalue weighted by atomic mass is 32.2. The third kappa shape index (κ3) is 3.70. The van der Waals surface area contributed by atoms with Gasteiger partial charge in [0.15, 0.2) is 5.82 Å². The summed E-state index contributed by atoms with van der Waals surface area (Å²) in [5.41, 5.74) is 1.69. The maximum absolute atomic E-state index is 5.52. The molecule has 0 radical (unpaired) electrons. The van der Waals surface area contributed by atoms with Gasteiger partial charge in [-0.3, -0.25) is 0 Å². The third-order valence-electron chi connectivity index (χ3n) is 4.48. The van der Waals surface area contributed by atoms with Crippen molar-refractivity contribution in [3.63, 3.8) is 0 Å². The van der Waals surface area contributed by atoms with Gasteiger partial charge in [0, 0.05) is 44.5 Å². The summed E-state index contributed by atoms with van der Waals surface area (Å²) in [7, 11) is 0. The van der Waals surface area contributed by atoms with Gasteiger partial charge in [0.05, 0.1) is 13.2 Å². The predicted octanol–water partition coefficient (Wildman–Crippen LogP) is 1.17. The molecule has 140 valence electrons. The number of anilines is 2. The molecule has 1 N–H and O–H groups in total. The van der Waals surface area contributed by atoms with Gasteiger partial charge in [-0.25, -0.2) is 15.0 Å². The Kier molecular flexibility index (Phi) is 5.37. The molecule has 0 amide bonds. The van der Waals surface area contributed by atoms with Gasteiger partial charge in [-0.2, -0.15) is 4.98 Å². The molecular weight excluding hydrogens is 350 g/mol. The number of thioether (sulfide) groups is 1. The van der Waals surface area contributed by atoms with E-state index in [0.29, 0.717) is 18.5 Å². The molecule has 2 aliphatic heterocycles. The van der Waals surface area contributed by atoms with E-state index in [0.717, 1.165) is 67.1 Å². The van der Waals surface area contributed by atoms with Crippen molar-refractivity contribution < 1.29 is 4.74 Å². The van der Waals surface area contributed by atoms with Crippen molar-refractivity contribution in [2.45, 2.75) is 24.1 Å². The fourth-order valence-corrected chi connectivity index (χ4v) is 4.02. The first kappa shape index (κ1) is 17.7. The summed E-state index contributed by atoms with van der Waals surface area (Å²) in [5, 5.41) is 4.74. The number of piperazine rings is 1. The highest BCUT2D eigenvalue weighted by molar-refractivity contribution is 8.00. The molecule has 9 heteroatoms. The maximum atomic E-state index is 5.52. The molecule has 0 spiro atoms. The van der Waals surface area contributed by atoms with E-state index in [1.807, 2.05) is 0 Å².